The summed E-state index contributed by atoms with van der Waals surface area (Å²) in [5.41, 5.74) is 8.68. The maximum Gasteiger partial charge on any atom is 0.0934 e. The van der Waals surface area contributed by atoms with Gasteiger partial charge in [0.2, 0.25) is 0 Å². The molecule has 32 heavy (non-hydrogen) atoms. The molecule has 0 aliphatic heterocycles. The van der Waals surface area contributed by atoms with Crippen LogP contribution in [0.2, 0.25) is 0 Å². The van der Waals surface area contributed by atoms with Gasteiger partial charge in [-0.2, -0.15) is 5.10 Å². The van der Waals surface area contributed by atoms with Crippen molar-refractivity contribution in [3.63, 3.8) is 0 Å². The van der Waals surface area contributed by atoms with E-state index in [0.29, 0.717) is 0 Å². The molecule has 0 unspecified atom stereocenters. The lowest BCUT2D eigenvalue weighted by molar-refractivity contribution is 0.893. The van der Waals surface area contributed by atoms with Gasteiger partial charge in [-0.25, -0.2) is 4.68 Å². The lowest BCUT2D eigenvalue weighted by Gasteiger charge is -2.09. The molecule has 6 aromatic rings. The molecule has 0 atom stereocenters. The van der Waals surface area contributed by atoms with Gasteiger partial charge in [0.1, 0.15) is 0 Å². The van der Waals surface area contributed by atoms with E-state index in [1.165, 1.54) is 5.39 Å². The van der Waals surface area contributed by atoms with Crippen LogP contribution in [0.5, 0.6) is 0 Å². The van der Waals surface area contributed by atoms with Crippen molar-refractivity contribution in [2.24, 2.45) is 0 Å². The number of para-hydroxylation sites is 2. The molecular weight excluding hydrogens is 390 g/mol. The van der Waals surface area contributed by atoms with E-state index in [1.54, 1.807) is 0 Å². The molecule has 0 spiro atoms. The van der Waals surface area contributed by atoms with Crippen molar-refractivity contribution in [3.05, 3.63) is 121 Å². The van der Waals surface area contributed by atoms with Crippen molar-refractivity contribution in [2.45, 2.75) is 0 Å². The summed E-state index contributed by atoms with van der Waals surface area (Å²) in [4.78, 5) is 3.67. The molecule has 2 aromatic heterocycles. The molecule has 6 rings (SSSR count). The first-order chi connectivity index (χ1) is 15.9. The summed E-state index contributed by atoms with van der Waals surface area (Å²) in [7, 11) is 0. The molecule has 4 aromatic carbocycles. The Morgan fingerprint density at radius 1 is 0.594 bits per heavy atom. The summed E-state index contributed by atoms with van der Waals surface area (Å²) < 4.78 is 2.06. The number of hydrogen-bond donors (Lipinski definition) is 1. The largest absolute Gasteiger partial charge is 0.354 e. The minimum absolute atomic E-state index is 0.953. The molecule has 0 saturated carbocycles. The number of benzene rings is 4. The standard InChI is InChI=1S/C29H21N3/c1-4-12-21(13-5-1)26-20-27(32(31-26)23-16-8-3-9-17-23)28-24-18-10-11-19-25(24)30-29(28)22-14-6-2-7-15-22/h1-20,30H. The van der Waals surface area contributed by atoms with Gasteiger partial charge in [0.05, 0.1) is 22.8 Å². The van der Waals surface area contributed by atoms with Crippen LogP contribution < -0.4 is 0 Å². The predicted octanol–water partition coefficient (Wildman–Crippen LogP) is 7.35. The van der Waals surface area contributed by atoms with Gasteiger partial charge in [-0.3, -0.25) is 0 Å². The molecule has 0 aliphatic rings. The van der Waals surface area contributed by atoms with Gasteiger partial charge >= 0.3 is 0 Å². The Hall–Kier alpha value is -4.37. The van der Waals surface area contributed by atoms with Crippen molar-refractivity contribution < 1.29 is 0 Å². The molecular formula is C29H21N3. The van der Waals surface area contributed by atoms with Gasteiger partial charge in [0.15, 0.2) is 0 Å². The van der Waals surface area contributed by atoms with Gasteiger partial charge in [0, 0.05) is 22.0 Å². The first-order valence-corrected chi connectivity index (χ1v) is 10.8. The Morgan fingerprint density at radius 2 is 1.19 bits per heavy atom. The maximum absolute atomic E-state index is 5.05. The summed E-state index contributed by atoms with van der Waals surface area (Å²) in [5.74, 6) is 0. The average Bonchev–Trinajstić information content (AvgIpc) is 3.48. The van der Waals surface area contributed by atoms with Crippen molar-refractivity contribution in [1.82, 2.24) is 14.8 Å². The normalized spacial score (nSPS) is 11.1. The highest BCUT2D eigenvalue weighted by atomic mass is 15.3. The zero-order valence-corrected chi connectivity index (χ0v) is 17.4. The van der Waals surface area contributed by atoms with Crippen LogP contribution >= 0.6 is 0 Å². The molecule has 3 heteroatoms. The first kappa shape index (κ1) is 18.4. The smallest absolute Gasteiger partial charge is 0.0934 e. The summed E-state index contributed by atoms with van der Waals surface area (Å²) in [5, 5.41) is 6.23. The summed E-state index contributed by atoms with van der Waals surface area (Å²) >= 11 is 0. The molecule has 152 valence electrons. The Balaban J connectivity index is 1.68. The summed E-state index contributed by atoms with van der Waals surface area (Å²) in [6.45, 7) is 0. The van der Waals surface area contributed by atoms with Crippen LogP contribution in [0, 0.1) is 0 Å². The Kier molecular flexibility index (Phi) is 4.43. The number of H-pyrrole nitrogens is 1. The second-order valence-electron chi connectivity index (χ2n) is 7.81. The lowest BCUT2D eigenvalue weighted by atomic mass is 10.0. The third-order valence-corrected chi connectivity index (χ3v) is 5.80. The minimum Gasteiger partial charge on any atom is -0.354 e. The minimum atomic E-state index is 0.953. The molecule has 0 saturated heterocycles. The van der Waals surface area contributed by atoms with Gasteiger partial charge in [0.25, 0.3) is 0 Å². The van der Waals surface area contributed by atoms with E-state index in [-0.39, 0.29) is 0 Å². The topological polar surface area (TPSA) is 33.6 Å². The number of hydrogen-bond acceptors (Lipinski definition) is 1. The van der Waals surface area contributed by atoms with E-state index in [2.05, 4.69) is 113 Å². The molecule has 2 heterocycles. The molecule has 0 bridgehead atoms. The number of fused-ring (bicyclic) bond motifs is 1. The number of nitrogens with zero attached hydrogens (tertiary/aromatic N) is 2. The van der Waals surface area contributed by atoms with E-state index in [9.17, 15) is 0 Å². The zero-order valence-electron chi connectivity index (χ0n) is 17.4. The second kappa shape index (κ2) is 7.71. The van der Waals surface area contributed by atoms with Crippen molar-refractivity contribution in [3.8, 4) is 39.5 Å². The predicted molar refractivity (Wildman–Crippen MR) is 132 cm³/mol. The summed E-state index contributed by atoms with van der Waals surface area (Å²) in [6, 6.07) is 41.9. The van der Waals surface area contributed by atoms with Crippen LogP contribution in [-0.2, 0) is 0 Å². The molecule has 0 aliphatic carbocycles. The highest BCUT2D eigenvalue weighted by Gasteiger charge is 2.21. The van der Waals surface area contributed by atoms with Gasteiger partial charge < -0.3 is 4.98 Å². The van der Waals surface area contributed by atoms with E-state index in [4.69, 9.17) is 5.10 Å². The molecule has 0 amide bonds. The van der Waals surface area contributed by atoms with Crippen LogP contribution in [0.3, 0.4) is 0 Å². The zero-order chi connectivity index (χ0) is 21.3. The van der Waals surface area contributed by atoms with Crippen LogP contribution in [0.25, 0.3) is 50.4 Å². The monoisotopic (exact) mass is 411 g/mol. The molecule has 0 fully saturated rings. The highest BCUT2D eigenvalue weighted by Crippen LogP contribution is 2.40. The second-order valence-corrected chi connectivity index (χ2v) is 7.81. The quantitative estimate of drug-likeness (QED) is 0.323. The number of aromatic nitrogens is 3. The van der Waals surface area contributed by atoms with E-state index in [1.807, 2.05) is 18.2 Å². The fraction of sp³-hybridized carbons (Fsp3) is 0. The maximum atomic E-state index is 5.05. The van der Waals surface area contributed by atoms with Crippen molar-refractivity contribution in [2.75, 3.05) is 0 Å². The van der Waals surface area contributed by atoms with E-state index >= 15 is 0 Å². The van der Waals surface area contributed by atoms with E-state index < -0.39 is 0 Å². The Morgan fingerprint density at radius 3 is 1.91 bits per heavy atom. The molecule has 0 radical (unpaired) electrons. The van der Waals surface area contributed by atoms with Crippen molar-refractivity contribution in [1.29, 1.82) is 0 Å². The Bertz CT molecular complexity index is 1490. The molecule has 3 nitrogen and oxygen atoms in total. The van der Waals surface area contributed by atoms with Gasteiger partial charge in [-0.15, -0.1) is 0 Å². The van der Waals surface area contributed by atoms with Gasteiger partial charge in [-0.1, -0.05) is 97.1 Å². The Labute approximate surface area is 186 Å². The third-order valence-electron chi connectivity index (χ3n) is 5.80. The van der Waals surface area contributed by atoms with Crippen LogP contribution in [0.15, 0.2) is 121 Å². The number of aromatic amines is 1. The highest BCUT2D eigenvalue weighted by molar-refractivity contribution is 6.03. The lowest BCUT2D eigenvalue weighted by Crippen LogP contribution is -1.99. The number of rotatable bonds is 4. The summed E-state index contributed by atoms with van der Waals surface area (Å²) in [6.07, 6.45) is 0. The molecule has 1 N–H and O–H groups in total. The third kappa shape index (κ3) is 3.12. The van der Waals surface area contributed by atoms with Crippen LogP contribution in [0.4, 0.5) is 0 Å². The average molecular weight is 412 g/mol. The van der Waals surface area contributed by atoms with Crippen LogP contribution in [0.1, 0.15) is 0 Å². The number of nitrogens with one attached hydrogen (secondary N) is 1. The van der Waals surface area contributed by atoms with Crippen LogP contribution in [-0.4, -0.2) is 14.8 Å². The van der Waals surface area contributed by atoms with Crippen molar-refractivity contribution >= 4 is 10.9 Å². The SMILES string of the molecule is c1ccc(-c2cc(-c3c(-c4ccccc4)[nH]c4ccccc34)n(-c3ccccc3)n2)cc1. The fourth-order valence-electron chi connectivity index (χ4n) is 4.30. The van der Waals surface area contributed by atoms with E-state index in [0.717, 1.165) is 45.0 Å². The fourth-order valence-corrected chi connectivity index (χ4v) is 4.30. The first-order valence-electron chi connectivity index (χ1n) is 10.8. The van der Waals surface area contributed by atoms with Gasteiger partial charge in [-0.05, 0) is 29.8 Å².